The van der Waals surface area contributed by atoms with Crippen LogP contribution in [0, 0.1) is 0 Å². The van der Waals surface area contributed by atoms with Crippen molar-refractivity contribution in [3.8, 4) is 0 Å². The van der Waals surface area contributed by atoms with Crippen LogP contribution in [0.25, 0.3) is 0 Å². The minimum Gasteiger partial charge on any atom is -0.390 e. The largest absolute Gasteiger partial charge is 0.390 e. The van der Waals surface area contributed by atoms with Crippen molar-refractivity contribution >= 4 is 21.4 Å². The van der Waals surface area contributed by atoms with E-state index in [1.54, 1.807) is 17.1 Å². The van der Waals surface area contributed by atoms with Gasteiger partial charge in [-0.25, -0.2) is 13.4 Å². The van der Waals surface area contributed by atoms with Crippen LogP contribution in [-0.4, -0.2) is 34.4 Å². The van der Waals surface area contributed by atoms with Crippen LogP contribution in [0.2, 0.25) is 0 Å². The van der Waals surface area contributed by atoms with E-state index in [2.05, 4.69) is 4.98 Å². The molecule has 0 spiro atoms. The van der Waals surface area contributed by atoms with Crippen LogP contribution in [0.15, 0.2) is 28.0 Å². The third-order valence-corrected chi connectivity index (χ3v) is 5.23. The summed E-state index contributed by atoms with van der Waals surface area (Å²) in [6.07, 6.45) is 1.50. The second kappa shape index (κ2) is 5.41. The first-order valence-corrected chi connectivity index (χ1v) is 7.93. The van der Waals surface area contributed by atoms with Gasteiger partial charge in [0.25, 0.3) is 0 Å². The fourth-order valence-corrected chi connectivity index (χ4v) is 3.47. The van der Waals surface area contributed by atoms with Crippen LogP contribution in [0.4, 0.5) is 0 Å². The predicted molar refractivity (Wildman–Crippen MR) is 72.1 cm³/mol. The maximum Gasteiger partial charge on any atom is 0.244 e. The smallest absolute Gasteiger partial charge is 0.244 e. The normalized spacial score (nSPS) is 12.2. The second-order valence-corrected chi connectivity index (χ2v) is 6.94. The van der Waals surface area contributed by atoms with Crippen molar-refractivity contribution in [3.05, 3.63) is 34.5 Å². The van der Waals surface area contributed by atoms with Crippen molar-refractivity contribution in [2.45, 2.75) is 18.0 Å². The number of aliphatic hydroxyl groups is 1. The Balaban J connectivity index is 2.25. The van der Waals surface area contributed by atoms with Gasteiger partial charge in [-0.1, -0.05) is 0 Å². The van der Waals surface area contributed by atoms with E-state index >= 15 is 0 Å². The molecule has 0 saturated heterocycles. The summed E-state index contributed by atoms with van der Waals surface area (Å²) in [5, 5.41) is 10.9. The Kier molecular flexibility index (Phi) is 4.04. The number of aromatic nitrogens is 2. The van der Waals surface area contributed by atoms with Crippen LogP contribution in [0.1, 0.15) is 11.4 Å². The summed E-state index contributed by atoms with van der Waals surface area (Å²) in [6.45, 7) is 0.0387. The van der Waals surface area contributed by atoms with E-state index in [0.717, 1.165) is 5.69 Å². The number of hydrogen-bond donors (Lipinski definition) is 1. The monoisotopic (exact) mass is 301 g/mol. The molecule has 0 fully saturated rings. The molecule has 0 amide bonds. The van der Waals surface area contributed by atoms with Gasteiger partial charge in [0.05, 0.1) is 24.4 Å². The molecule has 0 aliphatic rings. The van der Waals surface area contributed by atoms with Gasteiger partial charge in [-0.3, -0.25) is 0 Å². The summed E-state index contributed by atoms with van der Waals surface area (Å²) in [7, 11) is -0.347. The lowest BCUT2D eigenvalue weighted by Crippen LogP contribution is -2.26. The van der Waals surface area contributed by atoms with Gasteiger partial charge in [-0.2, -0.15) is 4.31 Å². The van der Waals surface area contributed by atoms with Gasteiger partial charge < -0.3 is 9.67 Å². The van der Waals surface area contributed by atoms with Crippen molar-refractivity contribution < 1.29 is 13.5 Å². The fraction of sp³-hybridized carbons (Fsp3) is 0.364. The lowest BCUT2D eigenvalue weighted by Gasteiger charge is -2.14. The number of sulfonamides is 1. The first-order valence-electron chi connectivity index (χ1n) is 5.54. The highest BCUT2D eigenvalue weighted by Crippen LogP contribution is 2.19. The van der Waals surface area contributed by atoms with Gasteiger partial charge in [0.1, 0.15) is 4.90 Å². The van der Waals surface area contributed by atoms with E-state index in [-0.39, 0.29) is 18.0 Å². The van der Waals surface area contributed by atoms with Crippen LogP contribution in [0.5, 0.6) is 0 Å². The van der Waals surface area contributed by atoms with Gasteiger partial charge >= 0.3 is 0 Å². The molecule has 0 bridgehead atoms. The van der Waals surface area contributed by atoms with Crippen LogP contribution >= 0.6 is 11.3 Å². The molecule has 1 N–H and O–H groups in total. The number of aliphatic hydroxyl groups excluding tert-OH is 1. The molecule has 6 nitrogen and oxygen atoms in total. The molecule has 0 atom stereocenters. The maximum atomic E-state index is 12.3. The fourth-order valence-electron chi connectivity index (χ4n) is 1.68. The first kappa shape index (κ1) is 14.2. The summed E-state index contributed by atoms with van der Waals surface area (Å²) in [6, 6.07) is 1.48. The third kappa shape index (κ3) is 2.86. The number of rotatable bonds is 5. The summed E-state index contributed by atoms with van der Waals surface area (Å²) in [5.74, 6) is 0. The molecule has 104 valence electrons. The number of hydrogen-bond acceptors (Lipinski definition) is 5. The topological polar surface area (TPSA) is 75.4 Å². The Morgan fingerprint density at radius 1 is 1.53 bits per heavy atom. The second-order valence-electron chi connectivity index (χ2n) is 4.18. The zero-order valence-electron chi connectivity index (χ0n) is 10.6. The molecule has 0 radical (unpaired) electrons. The van der Waals surface area contributed by atoms with Crippen LogP contribution < -0.4 is 0 Å². The number of nitrogens with zero attached hydrogens (tertiary/aromatic N) is 3. The van der Waals surface area contributed by atoms with Crippen molar-refractivity contribution in [1.29, 1.82) is 0 Å². The molecule has 0 unspecified atom stereocenters. The van der Waals surface area contributed by atoms with E-state index in [1.165, 1.54) is 35.0 Å². The summed E-state index contributed by atoms with van der Waals surface area (Å²) in [5.41, 5.74) is 2.94. The first-order chi connectivity index (χ1) is 8.95. The zero-order valence-corrected chi connectivity index (χ0v) is 12.3. The molecule has 8 heteroatoms. The van der Waals surface area contributed by atoms with Gasteiger partial charge in [-0.15, -0.1) is 11.3 Å². The molecule has 19 heavy (non-hydrogen) atoms. The van der Waals surface area contributed by atoms with E-state index in [4.69, 9.17) is 5.11 Å². The van der Waals surface area contributed by atoms with Crippen molar-refractivity contribution in [1.82, 2.24) is 13.9 Å². The average molecular weight is 301 g/mol. The Morgan fingerprint density at radius 3 is 2.79 bits per heavy atom. The zero-order chi connectivity index (χ0) is 14.0. The molecular weight excluding hydrogens is 286 g/mol. The Hall–Kier alpha value is -1.22. The third-order valence-electron chi connectivity index (χ3n) is 2.82. The highest BCUT2D eigenvalue weighted by atomic mass is 32.2. The highest BCUT2D eigenvalue weighted by Gasteiger charge is 2.23. The van der Waals surface area contributed by atoms with Gasteiger partial charge in [0.15, 0.2) is 0 Å². The average Bonchev–Trinajstić information content (AvgIpc) is 2.98. The van der Waals surface area contributed by atoms with E-state index < -0.39 is 10.0 Å². The lowest BCUT2D eigenvalue weighted by atomic mass is 10.5. The maximum absolute atomic E-state index is 12.3. The Morgan fingerprint density at radius 2 is 2.26 bits per heavy atom. The van der Waals surface area contributed by atoms with Crippen molar-refractivity contribution in [2.24, 2.45) is 7.05 Å². The van der Waals surface area contributed by atoms with Gasteiger partial charge in [0.2, 0.25) is 10.0 Å². The standard InChI is InChI=1S/C11H15N3O3S2/c1-13-5-11(3-10(13)6-15)19(16,17)14(2)4-9-7-18-8-12-9/h3,5,7-8,15H,4,6H2,1-2H3. The van der Waals surface area contributed by atoms with Gasteiger partial charge in [-0.05, 0) is 6.07 Å². The molecule has 0 aliphatic carbocycles. The minimum atomic E-state index is -3.56. The SMILES string of the molecule is CN(Cc1cscn1)S(=O)(=O)c1cc(CO)n(C)c1. The molecule has 0 aliphatic heterocycles. The van der Waals surface area contributed by atoms with Crippen LogP contribution in [0.3, 0.4) is 0 Å². The molecule has 0 aromatic carbocycles. The Bertz CT molecular complexity index is 647. The molecule has 2 rings (SSSR count). The molecule has 2 aromatic rings. The molecule has 2 heterocycles. The highest BCUT2D eigenvalue weighted by molar-refractivity contribution is 7.89. The van der Waals surface area contributed by atoms with Crippen molar-refractivity contribution in [3.63, 3.8) is 0 Å². The van der Waals surface area contributed by atoms with E-state index in [0.29, 0.717) is 5.69 Å². The molecular formula is C11H15N3O3S2. The number of aryl methyl sites for hydroxylation is 1. The summed E-state index contributed by atoms with van der Waals surface area (Å²) < 4.78 is 27.5. The van der Waals surface area contributed by atoms with Crippen molar-refractivity contribution in [2.75, 3.05) is 7.05 Å². The summed E-state index contributed by atoms with van der Waals surface area (Å²) in [4.78, 5) is 4.25. The Labute approximate surface area is 116 Å². The minimum absolute atomic E-state index is 0.178. The lowest BCUT2D eigenvalue weighted by molar-refractivity contribution is 0.272. The predicted octanol–water partition coefficient (Wildman–Crippen LogP) is 0.795. The van der Waals surface area contributed by atoms with E-state index in [9.17, 15) is 8.42 Å². The molecule has 0 saturated carbocycles. The van der Waals surface area contributed by atoms with Crippen LogP contribution in [-0.2, 0) is 30.2 Å². The summed E-state index contributed by atoms with van der Waals surface area (Å²) >= 11 is 1.43. The number of thiazole rings is 1. The quantitative estimate of drug-likeness (QED) is 0.886. The molecule has 2 aromatic heterocycles. The van der Waals surface area contributed by atoms with E-state index in [1.807, 2.05) is 5.38 Å². The van der Waals surface area contributed by atoms with Gasteiger partial charge in [0, 0.05) is 31.4 Å².